The molecule has 1 aliphatic carbocycles. The number of phenols is 1. The van der Waals surface area contributed by atoms with Crippen molar-refractivity contribution in [2.75, 3.05) is 0 Å². The Morgan fingerprint density at radius 3 is 2.47 bits per heavy atom. The highest BCUT2D eigenvalue weighted by molar-refractivity contribution is 5.72. The van der Waals surface area contributed by atoms with Crippen molar-refractivity contribution in [2.45, 2.75) is 44.6 Å². The van der Waals surface area contributed by atoms with E-state index in [2.05, 4.69) is 0 Å². The molecule has 0 unspecified atom stereocenters. The SMILES string of the molecule is O=C(Cc1ccc(O)cc1)OC1CCCCC1. The average molecular weight is 234 g/mol. The van der Waals surface area contributed by atoms with E-state index in [0.717, 1.165) is 31.2 Å². The van der Waals surface area contributed by atoms with Gasteiger partial charge in [0.15, 0.2) is 0 Å². The number of ether oxygens (including phenoxy) is 1. The van der Waals surface area contributed by atoms with E-state index in [1.807, 2.05) is 0 Å². The van der Waals surface area contributed by atoms with Crippen LogP contribution in [0.1, 0.15) is 37.7 Å². The van der Waals surface area contributed by atoms with Crippen LogP contribution >= 0.6 is 0 Å². The summed E-state index contributed by atoms with van der Waals surface area (Å²) in [5, 5.41) is 9.14. The molecule has 0 saturated heterocycles. The van der Waals surface area contributed by atoms with Gasteiger partial charge in [0.1, 0.15) is 11.9 Å². The van der Waals surface area contributed by atoms with Gasteiger partial charge >= 0.3 is 5.97 Å². The van der Waals surface area contributed by atoms with E-state index in [1.165, 1.54) is 6.42 Å². The lowest BCUT2D eigenvalue weighted by Gasteiger charge is -2.21. The lowest BCUT2D eigenvalue weighted by atomic mass is 9.98. The predicted octanol–water partition coefficient (Wildman–Crippen LogP) is 2.81. The van der Waals surface area contributed by atoms with Crippen LogP contribution in [0, 0.1) is 0 Å². The molecule has 0 aromatic heterocycles. The molecule has 0 atom stereocenters. The third-order valence-electron chi connectivity index (χ3n) is 3.14. The first-order chi connectivity index (χ1) is 8.24. The van der Waals surface area contributed by atoms with Crippen molar-refractivity contribution >= 4 is 5.97 Å². The van der Waals surface area contributed by atoms with Crippen molar-refractivity contribution in [3.63, 3.8) is 0 Å². The third-order valence-corrected chi connectivity index (χ3v) is 3.14. The second kappa shape index (κ2) is 5.71. The third kappa shape index (κ3) is 3.77. The topological polar surface area (TPSA) is 46.5 Å². The van der Waals surface area contributed by atoms with Gasteiger partial charge in [0.2, 0.25) is 0 Å². The van der Waals surface area contributed by atoms with E-state index in [0.29, 0.717) is 0 Å². The van der Waals surface area contributed by atoms with Gasteiger partial charge in [0.05, 0.1) is 6.42 Å². The molecule has 1 aromatic rings. The molecular formula is C14H18O3. The molecule has 1 fully saturated rings. The summed E-state index contributed by atoms with van der Waals surface area (Å²) in [5.74, 6) is 0.0528. The van der Waals surface area contributed by atoms with Crippen LogP contribution < -0.4 is 0 Å². The maximum absolute atomic E-state index is 11.7. The van der Waals surface area contributed by atoms with Crippen LogP contribution in [-0.4, -0.2) is 17.2 Å². The number of carbonyl (C=O) groups is 1. The summed E-state index contributed by atoms with van der Waals surface area (Å²) < 4.78 is 5.42. The van der Waals surface area contributed by atoms with Gasteiger partial charge in [-0.25, -0.2) is 0 Å². The van der Waals surface area contributed by atoms with E-state index < -0.39 is 0 Å². The van der Waals surface area contributed by atoms with E-state index in [4.69, 9.17) is 9.84 Å². The van der Waals surface area contributed by atoms with Gasteiger partial charge in [-0.15, -0.1) is 0 Å². The fourth-order valence-electron chi connectivity index (χ4n) is 2.19. The number of hydrogen-bond acceptors (Lipinski definition) is 3. The Kier molecular flexibility index (Phi) is 4.02. The number of phenolic OH excluding ortho intramolecular Hbond substituents is 1. The minimum Gasteiger partial charge on any atom is -0.508 e. The summed E-state index contributed by atoms with van der Waals surface area (Å²) >= 11 is 0. The molecule has 1 saturated carbocycles. The average Bonchev–Trinajstić information content (AvgIpc) is 2.33. The summed E-state index contributed by atoms with van der Waals surface area (Å²) in [4.78, 5) is 11.7. The molecule has 0 heterocycles. The maximum Gasteiger partial charge on any atom is 0.310 e. The first-order valence-electron chi connectivity index (χ1n) is 6.21. The quantitative estimate of drug-likeness (QED) is 0.818. The van der Waals surface area contributed by atoms with E-state index in [-0.39, 0.29) is 24.2 Å². The van der Waals surface area contributed by atoms with Crippen LogP contribution in [0.2, 0.25) is 0 Å². The molecule has 3 heteroatoms. The molecule has 0 spiro atoms. The Morgan fingerprint density at radius 2 is 1.82 bits per heavy atom. The standard InChI is InChI=1S/C14H18O3/c15-12-8-6-11(7-9-12)10-14(16)17-13-4-2-1-3-5-13/h6-9,13,15H,1-5,10H2. The highest BCUT2D eigenvalue weighted by Gasteiger charge is 2.17. The Bertz CT molecular complexity index is 364. The van der Waals surface area contributed by atoms with Crippen molar-refractivity contribution in [2.24, 2.45) is 0 Å². The van der Waals surface area contributed by atoms with E-state index in [9.17, 15) is 4.79 Å². The second-order valence-electron chi connectivity index (χ2n) is 4.59. The van der Waals surface area contributed by atoms with Crippen LogP contribution in [0.5, 0.6) is 5.75 Å². The highest BCUT2D eigenvalue weighted by atomic mass is 16.5. The summed E-state index contributed by atoms with van der Waals surface area (Å²) in [6.45, 7) is 0. The number of benzene rings is 1. The van der Waals surface area contributed by atoms with Crippen LogP contribution in [0.3, 0.4) is 0 Å². The molecule has 0 radical (unpaired) electrons. The van der Waals surface area contributed by atoms with Gasteiger partial charge in [-0.05, 0) is 43.4 Å². The van der Waals surface area contributed by atoms with Gasteiger partial charge < -0.3 is 9.84 Å². The van der Waals surface area contributed by atoms with Crippen molar-refractivity contribution in [3.8, 4) is 5.75 Å². The van der Waals surface area contributed by atoms with E-state index in [1.54, 1.807) is 24.3 Å². The van der Waals surface area contributed by atoms with Gasteiger partial charge in [-0.2, -0.15) is 0 Å². The van der Waals surface area contributed by atoms with Crippen LogP contribution in [0.25, 0.3) is 0 Å². The summed E-state index contributed by atoms with van der Waals surface area (Å²) in [6.07, 6.45) is 5.99. The van der Waals surface area contributed by atoms with Gasteiger partial charge in [0, 0.05) is 0 Å². The Labute approximate surface area is 101 Å². The molecule has 0 amide bonds. The lowest BCUT2D eigenvalue weighted by Crippen LogP contribution is -2.21. The Morgan fingerprint density at radius 1 is 1.18 bits per heavy atom. The number of rotatable bonds is 3. The minimum absolute atomic E-state index is 0.119. The van der Waals surface area contributed by atoms with Crippen LogP contribution in [0.4, 0.5) is 0 Å². The van der Waals surface area contributed by atoms with Crippen LogP contribution in [-0.2, 0) is 16.0 Å². The Hall–Kier alpha value is -1.51. The molecular weight excluding hydrogens is 216 g/mol. The largest absolute Gasteiger partial charge is 0.508 e. The molecule has 0 bridgehead atoms. The fraction of sp³-hybridized carbons (Fsp3) is 0.500. The van der Waals surface area contributed by atoms with Gasteiger partial charge in [-0.3, -0.25) is 4.79 Å². The molecule has 17 heavy (non-hydrogen) atoms. The molecule has 1 aliphatic rings. The normalized spacial score (nSPS) is 16.7. The number of hydrogen-bond donors (Lipinski definition) is 1. The second-order valence-corrected chi connectivity index (χ2v) is 4.59. The number of carbonyl (C=O) groups excluding carboxylic acids is 1. The van der Waals surface area contributed by atoms with Crippen LogP contribution in [0.15, 0.2) is 24.3 Å². The molecule has 2 rings (SSSR count). The molecule has 1 N–H and O–H groups in total. The van der Waals surface area contributed by atoms with E-state index >= 15 is 0 Å². The Balaban J connectivity index is 1.82. The van der Waals surface area contributed by atoms with Crippen molar-refractivity contribution in [3.05, 3.63) is 29.8 Å². The van der Waals surface area contributed by atoms with Crippen molar-refractivity contribution < 1.29 is 14.6 Å². The summed E-state index contributed by atoms with van der Waals surface area (Å²) in [5.41, 5.74) is 0.878. The zero-order valence-corrected chi connectivity index (χ0v) is 9.89. The molecule has 3 nitrogen and oxygen atoms in total. The monoisotopic (exact) mass is 234 g/mol. The lowest BCUT2D eigenvalue weighted by molar-refractivity contribution is -0.149. The molecule has 1 aromatic carbocycles. The fourth-order valence-corrected chi connectivity index (χ4v) is 2.19. The maximum atomic E-state index is 11.7. The molecule has 92 valence electrons. The smallest absolute Gasteiger partial charge is 0.310 e. The highest BCUT2D eigenvalue weighted by Crippen LogP contribution is 2.21. The zero-order valence-electron chi connectivity index (χ0n) is 9.89. The summed E-state index contributed by atoms with van der Waals surface area (Å²) in [6, 6.07) is 6.67. The molecule has 0 aliphatic heterocycles. The first kappa shape index (κ1) is 12.0. The number of aromatic hydroxyl groups is 1. The zero-order chi connectivity index (χ0) is 12.1. The van der Waals surface area contributed by atoms with Crippen molar-refractivity contribution in [1.82, 2.24) is 0 Å². The van der Waals surface area contributed by atoms with Gasteiger partial charge in [0.25, 0.3) is 0 Å². The summed E-state index contributed by atoms with van der Waals surface area (Å²) in [7, 11) is 0. The van der Waals surface area contributed by atoms with Crippen molar-refractivity contribution in [1.29, 1.82) is 0 Å². The minimum atomic E-state index is -0.164. The van der Waals surface area contributed by atoms with Gasteiger partial charge in [-0.1, -0.05) is 18.6 Å². The number of esters is 1. The first-order valence-corrected chi connectivity index (χ1v) is 6.21. The predicted molar refractivity (Wildman–Crippen MR) is 64.8 cm³/mol.